The molecule has 0 unspecified atom stereocenters. The van der Waals surface area contributed by atoms with Gasteiger partial charge in [0.1, 0.15) is 17.2 Å². The number of nitrogens with one attached hydrogen (secondary N) is 1. The molecule has 0 spiro atoms. The van der Waals surface area contributed by atoms with E-state index in [1.54, 1.807) is 13.0 Å². The third kappa shape index (κ3) is 3.78. The molecule has 5 rings (SSSR count). The van der Waals surface area contributed by atoms with E-state index in [-0.39, 0.29) is 11.9 Å². The zero-order chi connectivity index (χ0) is 21.5. The number of hydrogen-bond donors (Lipinski definition) is 1. The van der Waals surface area contributed by atoms with E-state index in [1.165, 1.54) is 6.07 Å². The van der Waals surface area contributed by atoms with E-state index in [0.717, 1.165) is 55.5 Å². The molecule has 1 aromatic carbocycles. The zero-order valence-electron chi connectivity index (χ0n) is 18.2. The molecule has 0 radical (unpaired) electrons. The quantitative estimate of drug-likeness (QED) is 0.682. The number of hydrogen-bond acceptors (Lipinski definition) is 7. The highest BCUT2D eigenvalue weighted by Gasteiger charge is 2.32. The Labute approximate surface area is 181 Å². The van der Waals surface area contributed by atoms with E-state index >= 15 is 0 Å². The number of pyridine rings is 1. The molecule has 2 aliphatic rings. The van der Waals surface area contributed by atoms with E-state index in [2.05, 4.69) is 27.3 Å². The third-order valence-corrected chi connectivity index (χ3v) is 6.50. The molecule has 164 valence electrons. The van der Waals surface area contributed by atoms with Gasteiger partial charge in [-0.15, -0.1) is 0 Å². The number of piperidine rings is 1. The average molecular weight is 426 g/mol. The monoisotopic (exact) mass is 425 g/mol. The van der Waals surface area contributed by atoms with Crippen molar-refractivity contribution in [2.75, 3.05) is 24.7 Å². The van der Waals surface area contributed by atoms with Crippen LogP contribution in [0.5, 0.6) is 0 Å². The molecule has 0 amide bonds. The normalized spacial score (nSPS) is 24.3. The first-order valence-electron chi connectivity index (χ1n) is 11.0. The Morgan fingerprint density at radius 1 is 1.16 bits per heavy atom. The number of fused-ring (bicyclic) bond motifs is 1. The van der Waals surface area contributed by atoms with Gasteiger partial charge in [0, 0.05) is 36.7 Å². The summed E-state index contributed by atoms with van der Waals surface area (Å²) in [4.78, 5) is 11.5. The van der Waals surface area contributed by atoms with Crippen LogP contribution >= 0.6 is 0 Å². The molecule has 31 heavy (non-hydrogen) atoms. The Kier molecular flexibility index (Phi) is 5.35. The van der Waals surface area contributed by atoms with Gasteiger partial charge in [-0.2, -0.15) is 4.98 Å². The van der Waals surface area contributed by atoms with Gasteiger partial charge >= 0.3 is 0 Å². The molecule has 1 N–H and O–H groups in total. The van der Waals surface area contributed by atoms with Crippen molar-refractivity contribution in [1.29, 1.82) is 0 Å². The summed E-state index contributed by atoms with van der Waals surface area (Å²) in [6.07, 6.45) is 3.04. The van der Waals surface area contributed by atoms with Gasteiger partial charge in [0.15, 0.2) is 5.82 Å². The number of rotatable bonds is 4. The van der Waals surface area contributed by atoms with Gasteiger partial charge in [-0.3, -0.25) is 0 Å². The minimum Gasteiger partial charge on any atom is -0.380 e. The lowest BCUT2D eigenvalue weighted by Gasteiger charge is -2.40. The van der Waals surface area contributed by atoms with E-state index in [0.29, 0.717) is 35.1 Å². The summed E-state index contributed by atoms with van der Waals surface area (Å²) in [6, 6.07) is 6.16. The van der Waals surface area contributed by atoms with Gasteiger partial charge in [0.25, 0.3) is 5.89 Å². The van der Waals surface area contributed by atoms with Crippen LogP contribution in [-0.2, 0) is 4.74 Å². The second-order valence-electron chi connectivity index (χ2n) is 8.71. The predicted molar refractivity (Wildman–Crippen MR) is 117 cm³/mol. The van der Waals surface area contributed by atoms with Crippen LogP contribution in [-0.4, -0.2) is 53.0 Å². The van der Waals surface area contributed by atoms with Crippen molar-refractivity contribution in [3.05, 3.63) is 35.4 Å². The lowest BCUT2D eigenvalue weighted by atomic mass is 9.95. The molecule has 4 heterocycles. The summed E-state index contributed by atoms with van der Waals surface area (Å²) < 4.78 is 25.7. The largest absolute Gasteiger partial charge is 0.380 e. The summed E-state index contributed by atoms with van der Waals surface area (Å²) in [5.41, 5.74) is 2.07. The predicted octanol–water partition coefficient (Wildman–Crippen LogP) is 3.78. The first kappa shape index (κ1) is 20.3. The fourth-order valence-corrected chi connectivity index (χ4v) is 4.90. The Morgan fingerprint density at radius 3 is 2.74 bits per heavy atom. The molecule has 3 atom stereocenters. The van der Waals surface area contributed by atoms with Crippen molar-refractivity contribution in [3.8, 4) is 11.5 Å². The second-order valence-corrected chi connectivity index (χ2v) is 8.71. The summed E-state index contributed by atoms with van der Waals surface area (Å²) in [5.74, 6) is 1.39. The van der Waals surface area contributed by atoms with E-state index in [9.17, 15) is 4.39 Å². The first-order valence-corrected chi connectivity index (χ1v) is 11.0. The van der Waals surface area contributed by atoms with Crippen molar-refractivity contribution in [3.63, 3.8) is 0 Å². The minimum atomic E-state index is -0.319. The molecule has 2 saturated heterocycles. The molecular weight excluding hydrogens is 397 g/mol. The first-order chi connectivity index (χ1) is 15.0. The number of para-hydroxylation sites is 1. The number of nitrogens with zero attached hydrogens (tertiary/aromatic N) is 4. The Morgan fingerprint density at radius 2 is 2.03 bits per heavy atom. The maximum absolute atomic E-state index is 14.7. The molecule has 3 aromatic rings. The highest BCUT2D eigenvalue weighted by atomic mass is 19.1. The van der Waals surface area contributed by atoms with Crippen LogP contribution in [0.2, 0.25) is 0 Å². The van der Waals surface area contributed by atoms with Gasteiger partial charge in [-0.05, 0) is 51.7 Å². The third-order valence-electron chi connectivity index (χ3n) is 6.50. The number of aryl methyl sites for hydroxylation is 2. The molecule has 0 aliphatic carbocycles. The Hall–Kier alpha value is -2.58. The summed E-state index contributed by atoms with van der Waals surface area (Å²) >= 11 is 0. The number of aromatic nitrogens is 3. The molecule has 2 aliphatic heterocycles. The van der Waals surface area contributed by atoms with Crippen molar-refractivity contribution < 1.29 is 13.7 Å². The fourth-order valence-electron chi connectivity index (χ4n) is 4.90. The Bertz CT molecular complexity index is 1100. The van der Waals surface area contributed by atoms with Crippen molar-refractivity contribution in [2.45, 2.75) is 58.2 Å². The van der Waals surface area contributed by atoms with Crippen LogP contribution in [0, 0.1) is 19.7 Å². The zero-order valence-corrected chi connectivity index (χ0v) is 18.2. The number of benzene rings is 1. The van der Waals surface area contributed by atoms with Crippen LogP contribution in [0.15, 0.2) is 22.7 Å². The highest BCUT2D eigenvalue weighted by Crippen LogP contribution is 2.38. The maximum Gasteiger partial charge on any atom is 0.261 e. The molecular formula is C23H28FN5O2. The fraction of sp³-hybridized carbons (Fsp3) is 0.522. The highest BCUT2D eigenvalue weighted by molar-refractivity contribution is 5.92. The number of ether oxygens (including phenoxy) is 1. The van der Waals surface area contributed by atoms with Gasteiger partial charge in [-0.25, -0.2) is 9.37 Å². The molecule has 2 aromatic heterocycles. The van der Waals surface area contributed by atoms with Gasteiger partial charge in [0.2, 0.25) is 0 Å². The van der Waals surface area contributed by atoms with E-state index in [1.807, 2.05) is 13.0 Å². The van der Waals surface area contributed by atoms with E-state index < -0.39 is 0 Å². The van der Waals surface area contributed by atoms with Crippen molar-refractivity contribution >= 4 is 16.7 Å². The average Bonchev–Trinajstić information content (AvgIpc) is 3.40. The minimum absolute atomic E-state index is 0.229. The molecule has 0 bridgehead atoms. The smallest absolute Gasteiger partial charge is 0.261 e. The van der Waals surface area contributed by atoms with Crippen LogP contribution in [0.3, 0.4) is 0 Å². The number of anilines is 1. The lowest BCUT2D eigenvalue weighted by Crippen LogP contribution is -2.50. The van der Waals surface area contributed by atoms with Crippen LogP contribution in [0.25, 0.3) is 22.4 Å². The summed E-state index contributed by atoms with van der Waals surface area (Å²) in [5, 5.41) is 8.49. The van der Waals surface area contributed by atoms with Crippen molar-refractivity contribution in [1.82, 2.24) is 20.4 Å². The molecule has 8 heteroatoms. The molecule has 2 fully saturated rings. The van der Waals surface area contributed by atoms with Crippen LogP contribution in [0.4, 0.5) is 10.2 Å². The second kappa shape index (κ2) is 8.16. The van der Waals surface area contributed by atoms with Crippen LogP contribution < -0.4 is 10.2 Å². The topological polar surface area (TPSA) is 76.3 Å². The maximum atomic E-state index is 14.7. The Balaban J connectivity index is 1.53. The van der Waals surface area contributed by atoms with E-state index in [4.69, 9.17) is 14.2 Å². The van der Waals surface area contributed by atoms with Gasteiger partial charge in [-0.1, -0.05) is 17.3 Å². The standard InChI is InChI=1S/C23H28FN5O2/c1-13-11-16(26-17-8-10-30-12-17)7-9-29(13)22-20(23-25-15(3)28-31-23)14(2)18-5-4-6-19(24)21(18)27-22/h4-6,13,16-17,26H,7-12H2,1-3H3/t13-,16-,17+/m1/s1. The van der Waals surface area contributed by atoms with Gasteiger partial charge in [0.05, 0.1) is 12.2 Å². The van der Waals surface area contributed by atoms with Gasteiger partial charge < -0.3 is 19.5 Å². The number of halogens is 1. The van der Waals surface area contributed by atoms with Crippen molar-refractivity contribution in [2.24, 2.45) is 0 Å². The SMILES string of the molecule is Cc1noc(-c2c(N3CC[C@@H](N[C@H]4CCOC4)C[C@H]3C)nc3c(F)cccc3c2C)n1. The van der Waals surface area contributed by atoms with Crippen LogP contribution in [0.1, 0.15) is 37.6 Å². The molecule has 7 nitrogen and oxygen atoms in total. The lowest BCUT2D eigenvalue weighted by molar-refractivity contribution is 0.185. The molecule has 0 saturated carbocycles. The summed E-state index contributed by atoms with van der Waals surface area (Å²) in [7, 11) is 0. The summed E-state index contributed by atoms with van der Waals surface area (Å²) in [6.45, 7) is 8.41.